The summed E-state index contributed by atoms with van der Waals surface area (Å²) in [4.78, 5) is 0. The van der Waals surface area contributed by atoms with Crippen molar-refractivity contribution in [3.8, 4) is 11.8 Å². The van der Waals surface area contributed by atoms with Crippen molar-refractivity contribution in [1.29, 1.82) is 5.26 Å². The lowest BCUT2D eigenvalue weighted by Gasteiger charge is -2.53. The zero-order chi connectivity index (χ0) is 17.8. The van der Waals surface area contributed by atoms with Crippen molar-refractivity contribution in [1.82, 2.24) is 0 Å². The number of aromatic hydroxyl groups is 1. The number of aliphatic hydroxyl groups is 1. The van der Waals surface area contributed by atoms with E-state index in [0.717, 1.165) is 31.2 Å². The summed E-state index contributed by atoms with van der Waals surface area (Å²) < 4.78 is 1.94. The first kappa shape index (κ1) is 17.4. The van der Waals surface area contributed by atoms with Gasteiger partial charge in [0.1, 0.15) is 5.75 Å². The first-order valence-corrected chi connectivity index (χ1v) is 10.4. The van der Waals surface area contributed by atoms with Crippen molar-refractivity contribution in [2.24, 2.45) is 23.2 Å². The smallest absolute Gasteiger partial charge is 0.115 e. The maximum Gasteiger partial charge on any atom is 0.115 e. The third-order valence-electron chi connectivity index (χ3n) is 7.48. The molecule has 0 unspecified atom stereocenters. The molecule has 0 saturated heterocycles. The Morgan fingerprint density at radius 3 is 2.84 bits per heavy atom. The molecule has 1 aromatic carbocycles. The molecule has 2 N–H and O–H groups in total. The van der Waals surface area contributed by atoms with Gasteiger partial charge in [0.15, 0.2) is 0 Å². The Morgan fingerprint density at radius 2 is 2.12 bits per heavy atom. The van der Waals surface area contributed by atoms with E-state index in [4.69, 9.17) is 0 Å². The van der Waals surface area contributed by atoms with Crippen LogP contribution >= 0.6 is 22.6 Å². The summed E-state index contributed by atoms with van der Waals surface area (Å²) in [7, 11) is 0. The predicted molar refractivity (Wildman–Crippen MR) is 105 cm³/mol. The maximum atomic E-state index is 11.3. The highest BCUT2D eigenvalue weighted by Gasteiger charge is 2.62. The van der Waals surface area contributed by atoms with Gasteiger partial charge in [-0.2, -0.15) is 5.26 Å². The van der Waals surface area contributed by atoms with Crippen LogP contribution in [0.5, 0.6) is 5.75 Å². The molecule has 132 valence electrons. The van der Waals surface area contributed by atoms with Gasteiger partial charge in [0.2, 0.25) is 0 Å². The van der Waals surface area contributed by atoms with Crippen molar-refractivity contribution in [3.05, 3.63) is 39.5 Å². The predicted octanol–water partition coefficient (Wildman–Crippen LogP) is 4.68. The van der Waals surface area contributed by atoms with Gasteiger partial charge in [-0.25, -0.2) is 0 Å². The molecule has 6 atom stereocenters. The molecule has 0 heterocycles. The minimum atomic E-state index is -0.751. The molecule has 0 radical (unpaired) electrons. The fourth-order valence-electron chi connectivity index (χ4n) is 6.18. The first-order chi connectivity index (χ1) is 11.9. The summed E-state index contributed by atoms with van der Waals surface area (Å²) in [6, 6.07) is 8.25. The van der Waals surface area contributed by atoms with Crippen LogP contribution in [0.25, 0.3) is 0 Å². The van der Waals surface area contributed by atoms with E-state index < -0.39 is 5.60 Å². The molecule has 3 aliphatic carbocycles. The molecular formula is C21H24INO2. The normalized spacial score (nSPS) is 42.5. The van der Waals surface area contributed by atoms with Crippen LogP contribution in [0.2, 0.25) is 0 Å². The van der Waals surface area contributed by atoms with E-state index in [1.54, 1.807) is 6.07 Å². The Kier molecular flexibility index (Phi) is 4.16. The minimum absolute atomic E-state index is 0.0325. The first-order valence-electron chi connectivity index (χ1n) is 9.15. The fourth-order valence-corrected chi connectivity index (χ4v) is 6.78. The summed E-state index contributed by atoms with van der Waals surface area (Å²) >= 11 is 2.19. The second-order valence-electron chi connectivity index (χ2n) is 8.32. The lowest BCUT2D eigenvalue weighted by atomic mass is 9.51. The standard InChI is InChI=1S/C21H24INO2/c1-20-6-4-17-16-3-2-15(24)11-13(16)10-14(12-23)19(17)18(20)5-7-21(20,25)8-9-22/h2-3,8-9,11,14,17-19,24-25H,4-7,10H2,1H3/b9-8+/t14-,17+,18-,19+,20-,21+/m0/s1. The number of nitriles is 1. The number of hydrogen-bond donors (Lipinski definition) is 2. The Morgan fingerprint density at radius 1 is 1.32 bits per heavy atom. The molecule has 4 rings (SSSR count). The van der Waals surface area contributed by atoms with Gasteiger partial charge >= 0.3 is 0 Å². The van der Waals surface area contributed by atoms with Crippen LogP contribution in [-0.4, -0.2) is 15.8 Å². The van der Waals surface area contributed by atoms with Gasteiger partial charge in [-0.05, 0) is 83.3 Å². The molecule has 0 spiro atoms. The summed E-state index contributed by atoms with van der Waals surface area (Å²) in [5.74, 6) is 1.30. The van der Waals surface area contributed by atoms with Crippen molar-refractivity contribution in [3.63, 3.8) is 0 Å². The summed E-state index contributed by atoms with van der Waals surface area (Å²) in [6.07, 6.45) is 6.45. The van der Waals surface area contributed by atoms with Crippen molar-refractivity contribution in [2.75, 3.05) is 0 Å². The van der Waals surface area contributed by atoms with Crippen LogP contribution in [-0.2, 0) is 6.42 Å². The van der Waals surface area contributed by atoms with Gasteiger partial charge in [0, 0.05) is 5.41 Å². The van der Waals surface area contributed by atoms with Crippen LogP contribution in [0.4, 0.5) is 0 Å². The number of halogens is 1. The molecule has 2 saturated carbocycles. The topological polar surface area (TPSA) is 64.2 Å². The average Bonchev–Trinajstić information content (AvgIpc) is 2.85. The highest BCUT2D eigenvalue weighted by atomic mass is 127. The number of phenolic OH excluding ortho intramolecular Hbond substituents is 1. The Hall–Kier alpha value is -1.06. The molecule has 1 aromatic rings. The molecular weight excluding hydrogens is 425 g/mol. The average molecular weight is 449 g/mol. The van der Waals surface area contributed by atoms with E-state index in [2.05, 4.69) is 41.7 Å². The molecule has 0 bridgehead atoms. The van der Waals surface area contributed by atoms with Crippen LogP contribution in [0.1, 0.15) is 49.7 Å². The van der Waals surface area contributed by atoms with Gasteiger partial charge in [-0.1, -0.05) is 35.6 Å². The molecule has 0 amide bonds. The maximum absolute atomic E-state index is 11.3. The van der Waals surface area contributed by atoms with E-state index in [1.807, 2.05) is 16.2 Å². The fraction of sp³-hybridized carbons (Fsp3) is 0.571. The number of nitrogens with zero attached hydrogens (tertiary/aromatic N) is 1. The van der Waals surface area contributed by atoms with Crippen molar-refractivity contribution < 1.29 is 10.2 Å². The molecule has 2 fully saturated rings. The quantitative estimate of drug-likeness (QED) is 0.613. The highest BCUT2D eigenvalue weighted by molar-refractivity contribution is 14.1. The monoisotopic (exact) mass is 449 g/mol. The van der Waals surface area contributed by atoms with Gasteiger partial charge in [-0.3, -0.25) is 0 Å². The number of benzene rings is 1. The molecule has 3 aliphatic rings. The Labute approximate surface area is 162 Å². The minimum Gasteiger partial charge on any atom is -0.508 e. The van der Waals surface area contributed by atoms with Crippen LogP contribution in [0.3, 0.4) is 0 Å². The zero-order valence-electron chi connectivity index (χ0n) is 14.5. The van der Waals surface area contributed by atoms with Crippen LogP contribution < -0.4 is 0 Å². The Balaban J connectivity index is 1.78. The van der Waals surface area contributed by atoms with E-state index >= 15 is 0 Å². The van der Waals surface area contributed by atoms with E-state index in [9.17, 15) is 15.5 Å². The molecule has 3 nitrogen and oxygen atoms in total. The molecule has 0 aromatic heterocycles. The van der Waals surface area contributed by atoms with E-state index in [0.29, 0.717) is 24.2 Å². The lowest BCUT2D eigenvalue weighted by Crippen LogP contribution is -2.51. The second-order valence-corrected chi connectivity index (χ2v) is 9.04. The van der Waals surface area contributed by atoms with Gasteiger partial charge in [0.05, 0.1) is 17.6 Å². The third kappa shape index (κ3) is 2.39. The molecule has 4 heteroatoms. The van der Waals surface area contributed by atoms with E-state index in [-0.39, 0.29) is 17.1 Å². The lowest BCUT2D eigenvalue weighted by molar-refractivity contribution is -0.0761. The van der Waals surface area contributed by atoms with Gasteiger partial charge < -0.3 is 10.2 Å². The van der Waals surface area contributed by atoms with Gasteiger partial charge in [-0.15, -0.1) is 0 Å². The van der Waals surface area contributed by atoms with Crippen molar-refractivity contribution >= 4 is 22.6 Å². The zero-order valence-corrected chi connectivity index (χ0v) is 16.6. The second kappa shape index (κ2) is 5.99. The molecule has 25 heavy (non-hydrogen) atoms. The highest BCUT2D eigenvalue weighted by Crippen LogP contribution is 2.65. The number of rotatable bonds is 1. The van der Waals surface area contributed by atoms with Crippen LogP contribution in [0, 0.1) is 34.5 Å². The van der Waals surface area contributed by atoms with Crippen LogP contribution in [0.15, 0.2) is 28.4 Å². The molecule has 0 aliphatic heterocycles. The Bertz CT molecular complexity index is 770. The largest absolute Gasteiger partial charge is 0.508 e. The van der Waals surface area contributed by atoms with Gasteiger partial charge in [0.25, 0.3) is 0 Å². The SMILES string of the molecule is C[C@]12CC[C@@H]3c4ccc(O)cc4C[C@@H](C#N)[C@H]3[C@@H]1CC[C@@]2(O)/C=C/I. The third-order valence-corrected chi connectivity index (χ3v) is 7.84. The number of phenols is 1. The number of hydrogen-bond acceptors (Lipinski definition) is 3. The summed E-state index contributed by atoms with van der Waals surface area (Å²) in [5, 5.41) is 31.0. The summed E-state index contributed by atoms with van der Waals surface area (Å²) in [6.45, 7) is 2.23. The summed E-state index contributed by atoms with van der Waals surface area (Å²) in [5.41, 5.74) is 1.55. The van der Waals surface area contributed by atoms with Crippen molar-refractivity contribution in [2.45, 2.75) is 50.5 Å². The number of fused-ring (bicyclic) bond motifs is 5. The van der Waals surface area contributed by atoms with E-state index in [1.165, 1.54) is 5.56 Å².